The monoisotopic (exact) mass is 259 g/mol. The molecule has 2 N–H and O–H groups in total. The summed E-state index contributed by atoms with van der Waals surface area (Å²) in [6, 6.07) is 7.92. The van der Waals surface area contributed by atoms with E-state index in [0.717, 1.165) is 18.3 Å². The summed E-state index contributed by atoms with van der Waals surface area (Å²) in [5.74, 6) is 0. The molecule has 3 nitrogen and oxygen atoms in total. The van der Waals surface area contributed by atoms with Gasteiger partial charge in [-0.25, -0.2) is 0 Å². The van der Waals surface area contributed by atoms with Crippen LogP contribution in [0.1, 0.15) is 30.9 Å². The average molecular weight is 259 g/mol. The van der Waals surface area contributed by atoms with Crippen LogP contribution in [-0.2, 0) is 6.54 Å². The van der Waals surface area contributed by atoms with Crippen molar-refractivity contribution in [3.63, 3.8) is 0 Å². The lowest BCUT2D eigenvalue weighted by atomic mass is 10.0. The first-order valence-electron chi connectivity index (χ1n) is 7.46. The minimum absolute atomic E-state index is 0.659. The first kappa shape index (κ1) is 12.9. The van der Waals surface area contributed by atoms with E-state index in [1.54, 1.807) is 0 Å². The quantitative estimate of drug-likeness (QED) is 0.827. The van der Waals surface area contributed by atoms with E-state index >= 15 is 0 Å². The summed E-state index contributed by atoms with van der Waals surface area (Å²) in [4.78, 5) is 5.31. The maximum Gasteiger partial charge on any atom is 0.0343 e. The molecule has 2 unspecified atom stereocenters. The zero-order valence-electron chi connectivity index (χ0n) is 12.1. The number of nitrogens with zero attached hydrogens (tertiary/aromatic N) is 2. The Balaban J connectivity index is 1.70. The van der Waals surface area contributed by atoms with E-state index in [9.17, 15) is 0 Å². The third-order valence-corrected chi connectivity index (χ3v) is 4.79. The highest BCUT2D eigenvalue weighted by Gasteiger charge is 2.34. The summed E-state index contributed by atoms with van der Waals surface area (Å²) in [7, 11) is 0. The van der Waals surface area contributed by atoms with Gasteiger partial charge in [-0.3, -0.25) is 9.80 Å². The molecule has 2 aliphatic heterocycles. The Morgan fingerprint density at radius 2 is 2.16 bits per heavy atom. The first-order chi connectivity index (χ1) is 9.13. The van der Waals surface area contributed by atoms with Crippen molar-refractivity contribution < 1.29 is 0 Å². The molecule has 0 aliphatic carbocycles. The SMILES string of the molecule is Cc1cc(CN2CC3CCCN3CC2C)ccc1N. The molecular formula is C16H25N3. The van der Waals surface area contributed by atoms with Gasteiger partial charge in [-0.05, 0) is 50.4 Å². The van der Waals surface area contributed by atoms with Gasteiger partial charge < -0.3 is 5.73 Å². The van der Waals surface area contributed by atoms with Crippen LogP contribution in [0.4, 0.5) is 5.69 Å². The van der Waals surface area contributed by atoms with Crippen LogP contribution in [0.25, 0.3) is 0 Å². The molecule has 2 heterocycles. The first-order valence-corrected chi connectivity index (χ1v) is 7.46. The van der Waals surface area contributed by atoms with Gasteiger partial charge in [0.1, 0.15) is 0 Å². The van der Waals surface area contributed by atoms with E-state index in [4.69, 9.17) is 5.73 Å². The molecule has 0 saturated carbocycles. The van der Waals surface area contributed by atoms with Gasteiger partial charge in [-0.2, -0.15) is 0 Å². The Bertz CT molecular complexity index is 457. The molecule has 0 aromatic heterocycles. The zero-order chi connectivity index (χ0) is 13.4. The molecule has 104 valence electrons. The van der Waals surface area contributed by atoms with E-state index in [0.29, 0.717) is 6.04 Å². The third-order valence-electron chi connectivity index (χ3n) is 4.79. The van der Waals surface area contributed by atoms with E-state index < -0.39 is 0 Å². The predicted molar refractivity (Wildman–Crippen MR) is 80.1 cm³/mol. The van der Waals surface area contributed by atoms with Crippen LogP contribution in [0, 0.1) is 6.92 Å². The molecule has 2 atom stereocenters. The molecule has 2 saturated heterocycles. The molecule has 0 radical (unpaired) electrons. The van der Waals surface area contributed by atoms with Crippen molar-refractivity contribution in [2.75, 3.05) is 25.4 Å². The fourth-order valence-electron chi connectivity index (χ4n) is 3.54. The van der Waals surface area contributed by atoms with E-state index in [-0.39, 0.29) is 0 Å². The minimum Gasteiger partial charge on any atom is -0.399 e. The molecule has 2 fully saturated rings. The Kier molecular flexibility index (Phi) is 3.50. The van der Waals surface area contributed by atoms with E-state index in [1.807, 2.05) is 6.07 Å². The number of benzene rings is 1. The number of fused-ring (bicyclic) bond motifs is 1. The number of hydrogen-bond donors (Lipinski definition) is 1. The van der Waals surface area contributed by atoms with Crippen LogP contribution in [0.2, 0.25) is 0 Å². The largest absolute Gasteiger partial charge is 0.399 e. The molecule has 1 aromatic carbocycles. The van der Waals surface area contributed by atoms with Crippen molar-refractivity contribution >= 4 is 5.69 Å². The molecule has 2 aliphatic rings. The van der Waals surface area contributed by atoms with Crippen LogP contribution < -0.4 is 5.73 Å². The maximum absolute atomic E-state index is 5.90. The predicted octanol–water partition coefficient (Wildman–Crippen LogP) is 2.25. The van der Waals surface area contributed by atoms with Crippen molar-refractivity contribution in [2.45, 2.75) is 45.3 Å². The Labute approximate surface area is 116 Å². The second-order valence-corrected chi connectivity index (χ2v) is 6.26. The standard InChI is InChI=1S/C16H25N3/c1-12-8-14(5-6-16(12)17)10-19-11-15-4-3-7-18(15)9-13(19)2/h5-6,8,13,15H,3-4,7,9-11,17H2,1-2H3. The lowest BCUT2D eigenvalue weighted by Crippen LogP contribution is -2.54. The molecular weight excluding hydrogens is 234 g/mol. The van der Waals surface area contributed by atoms with Crippen LogP contribution in [0.5, 0.6) is 0 Å². The van der Waals surface area contributed by atoms with Gasteiger partial charge >= 0.3 is 0 Å². The average Bonchev–Trinajstić information content (AvgIpc) is 2.81. The Hall–Kier alpha value is -1.06. The van der Waals surface area contributed by atoms with Gasteiger partial charge in [0.2, 0.25) is 0 Å². The van der Waals surface area contributed by atoms with Crippen LogP contribution >= 0.6 is 0 Å². The second kappa shape index (κ2) is 5.14. The fraction of sp³-hybridized carbons (Fsp3) is 0.625. The van der Waals surface area contributed by atoms with Crippen LogP contribution in [0.15, 0.2) is 18.2 Å². The topological polar surface area (TPSA) is 32.5 Å². The summed E-state index contributed by atoms with van der Waals surface area (Å²) >= 11 is 0. The third kappa shape index (κ3) is 2.63. The fourth-order valence-corrected chi connectivity index (χ4v) is 3.54. The number of anilines is 1. The van der Waals surface area contributed by atoms with Crippen molar-refractivity contribution in [2.24, 2.45) is 0 Å². The Morgan fingerprint density at radius 3 is 2.95 bits per heavy atom. The van der Waals surface area contributed by atoms with Crippen LogP contribution in [0.3, 0.4) is 0 Å². The summed E-state index contributed by atoms with van der Waals surface area (Å²) in [5.41, 5.74) is 9.39. The summed E-state index contributed by atoms with van der Waals surface area (Å²) in [6.07, 6.45) is 2.76. The van der Waals surface area contributed by atoms with Crippen molar-refractivity contribution in [3.05, 3.63) is 29.3 Å². The molecule has 0 bridgehead atoms. The highest BCUT2D eigenvalue weighted by atomic mass is 15.3. The van der Waals surface area contributed by atoms with Crippen molar-refractivity contribution in [1.29, 1.82) is 0 Å². The lowest BCUT2D eigenvalue weighted by Gasteiger charge is -2.42. The highest BCUT2D eigenvalue weighted by Crippen LogP contribution is 2.26. The number of nitrogen functional groups attached to an aromatic ring is 1. The van der Waals surface area contributed by atoms with Crippen molar-refractivity contribution in [1.82, 2.24) is 9.80 Å². The number of nitrogens with two attached hydrogens (primary N) is 1. The zero-order valence-corrected chi connectivity index (χ0v) is 12.1. The van der Waals surface area contributed by atoms with Gasteiger partial charge in [0.25, 0.3) is 0 Å². The molecule has 0 amide bonds. The smallest absolute Gasteiger partial charge is 0.0343 e. The van der Waals surface area contributed by atoms with Gasteiger partial charge in [0.05, 0.1) is 0 Å². The number of hydrogen-bond acceptors (Lipinski definition) is 3. The van der Waals surface area contributed by atoms with E-state index in [1.165, 1.54) is 43.6 Å². The Morgan fingerprint density at radius 1 is 1.32 bits per heavy atom. The molecule has 3 heteroatoms. The number of aryl methyl sites for hydroxylation is 1. The molecule has 0 spiro atoms. The van der Waals surface area contributed by atoms with Gasteiger partial charge in [0.15, 0.2) is 0 Å². The second-order valence-electron chi connectivity index (χ2n) is 6.26. The van der Waals surface area contributed by atoms with E-state index in [2.05, 4.69) is 35.8 Å². The van der Waals surface area contributed by atoms with Gasteiger partial charge in [-0.15, -0.1) is 0 Å². The summed E-state index contributed by atoms with van der Waals surface area (Å²) < 4.78 is 0. The maximum atomic E-state index is 5.90. The number of piperazine rings is 1. The summed E-state index contributed by atoms with van der Waals surface area (Å²) in [5, 5.41) is 0. The normalized spacial score (nSPS) is 28.5. The van der Waals surface area contributed by atoms with Gasteiger partial charge in [-0.1, -0.05) is 12.1 Å². The highest BCUT2D eigenvalue weighted by molar-refractivity contribution is 5.47. The van der Waals surface area contributed by atoms with Gasteiger partial charge in [0, 0.05) is 37.4 Å². The molecule has 19 heavy (non-hydrogen) atoms. The number of rotatable bonds is 2. The van der Waals surface area contributed by atoms with Crippen LogP contribution in [-0.4, -0.2) is 41.5 Å². The molecule has 3 rings (SSSR count). The molecule has 1 aromatic rings. The lowest BCUT2D eigenvalue weighted by molar-refractivity contribution is 0.0540. The minimum atomic E-state index is 0.659. The summed E-state index contributed by atoms with van der Waals surface area (Å²) in [6.45, 7) is 9.29. The van der Waals surface area contributed by atoms with Crippen molar-refractivity contribution in [3.8, 4) is 0 Å².